The molecule has 1 aliphatic heterocycles. The van der Waals surface area contributed by atoms with Crippen LogP contribution in [0.2, 0.25) is 0 Å². The Labute approximate surface area is 154 Å². The monoisotopic (exact) mass is 362 g/mol. The van der Waals surface area contributed by atoms with Crippen molar-refractivity contribution < 1.29 is 4.79 Å². The van der Waals surface area contributed by atoms with Crippen molar-refractivity contribution in [2.75, 3.05) is 13.1 Å². The molecule has 0 fully saturated rings. The van der Waals surface area contributed by atoms with Gasteiger partial charge in [0.1, 0.15) is 12.0 Å². The topological polar surface area (TPSA) is 150 Å². The van der Waals surface area contributed by atoms with Gasteiger partial charge in [-0.15, -0.1) is 0 Å². The minimum Gasteiger partial charge on any atom is -0.401 e. The number of amides is 1. The number of nitrogens with zero attached hydrogens (tertiary/aromatic N) is 1. The van der Waals surface area contributed by atoms with Gasteiger partial charge >= 0.3 is 0 Å². The van der Waals surface area contributed by atoms with Crippen LogP contribution in [-0.4, -0.2) is 35.3 Å². The lowest BCUT2D eigenvalue weighted by Crippen LogP contribution is -2.40. The molecule has 0 aliphatic carbocycles. The maximum absolute atomic E-state index is 11.8. The van der Waals surface area contributed by atoms with Crippen LogP contribution in [0.4, 0.5) is 0 Å². The molecule has 0 radical (unpaired) electrons. The van der Waals surface area contributed by atoms with Crippen LogP contribution < -0.4 is 33.3 Å². The number of aromatic amines is 1. The smallest absolute Gasteiger partial charge is 0.267 e. The fourth-order valence-electron chi connectivity index (χ4n) is 2.65. The van der Waals surface area contributed by atoms with Gasteiger partial charge in [0, 0.05) is 36.5 Å². The summed E-state index contributed by atoms with van der Waals surface area (Å²) in [5.74, 6) is 5.74. The molecule has 1 atom stereocenters. The largest absolute Gasteiger partial charge is 0.401 e. The van der Waals surface area contributed by atoms with Gasteiger partial charge in [0.2, 0.25) is 0 Å². The van der Waals surface area contributed by atoms with Gasteiger partial charge in [-0.25, -0.2) is 5.84 Å². The summed E-state index contributed by atoms with van der Waals surface area (Å²) in [6.07, 6.45) is 10.2. The van der Waals surface area contributed by atoms with E-state index in [9.17, 15) is 4.79 Å². The molecule has 0 aromatic carbocycles. The van der Waals surface area contributed by atoms with Crippen LogP contribution in [0.15, 0.2) is 42.1 Å². The number of nitrogens with one attached hydrogen (secondary N) is 4. The molecule has 26 heavy (non-hydrogen) atoms. The normalized spacial score (nSPS) is 16.6. The van der Waals surface area contributed by atoms with Gasteiger partial charge in [0.25, 0.3) is 5.91 Å². The number of hydrogen-bond acceptors (Lipinski definition) is 7. The highest BCUT2D eigenvalue weighted by atomic mass is 16.1. The molecule has 0 saturated carbocycles. The van der Waals surface area contributed by atoms with Crippen molar-refractivity contribution in [3.05, 3.63) is 47.8 Å². The van der Waals surface area contributed by atoms with E-state index in [-0.39, 0.29) is 12.2 Å². The van der Waals surface area contributed by atoms with Crippen molar-refractivity contribution in [2.24, 2.45) is 17.3 Å². The van der Waals surface area contributed by atoms with E-state index in [1.165, 1.54) is 5.01 Å². The average Bonchev–Trinajstić information content (AvgIpc) is 3.26. The molecule has 1 aromatic heterocycles. The number of allylic oxidation sites excluding steroid dienone is 2. The molecular weight excluding hydrogens is 332 g/mol. The van der Waals surface area contributed by atoms with E-state index in [0.717, 1.165) is 43.5 Å². The zero-order valence-corrected chi connectivity index (χ0v) is 15.0. The van der Waals surface area contributed by atoms with Gasteiger partial charge in [0.15, 0.2) is 0 Å². The summed E-state index contributed by atoms with van der Waals surface area (Å²) in [6.45, 7) is 0.927. The molecule has 1 unspecified atom stereocenters. The van der Waals surface area contributed by atoms with Crippen molar-refractivity contribution in [1.29, 1.82) is 0 Å². The first-order valence-corrected chi connectivity index (χ1v) is 8.91. The van der Waals surface area contributed by atoms with Gasteiger partial charge in [-0.1, -0.05) is 6.42 Å². The predicted molar refractivity (Wildman–Crippen MR) is 102 cm³/mol. The Morgan fingerprint density at radius 3 is 2.88 bits per heavy atom. The Morgan fingerprint density at radius 1 is 1.35 bits per heavy atom. The van der Waals surface area contributed by atoms with Crippen LogP contribution >= 0.6 is 0 Å². The summed E-state index contributed by atoms with van der Waals surface area (Å²) < 4.78 is 0. The first-order chi connectivity index (χ1) is 12.5. The lowest BCUT2D eigenvalue weighted by molar-refractivity contribution is 0.0946. The highest BCUT2D eigenvalue weighted by Crippen LogP contribution is 2.11. The maximum Gasteiger partial charge on any atom is 0.267 e. The van der Waals surface area contributed by atoms with Crippen LogP contribution in [-0.2, 0) is 0 Å². The van der Waals surface area contributed by atoms with Gasteiger partial charge in [-0.3, -0.25) is 10.5 Å². The van der Waals surface area contributed by atoms with E-state index >= 15 is 0 Å². The minimum atomic E-state index is -0.160. The zero-order chi connectivity index (χ0) is 18.8. The van der Waals surface area contributed by atoms with E-state index in [1.807, 2.05) is 6.20 Å². The second-order valence-corrected chi connectivity index (χ2v) is 6.30. The highest BCUT2D eigenvalue weighted by Gasteiger charge is 2.09. The van der Waals surface area contributed by atoms with E-state index < -0.39 is 0 Å². The first-order valence-electron chi connectivity index (χ1n) is 8.91. The molecule has 9 heteroatoms. The van der Waals surface area contributed by atoms with Crippen molar-refractivity contribution in [3.8, 4) is 0 Å². The first kappa shape index (κ1) is 19.7. The number of rotatable bonds is 11. The molecule has 1 aliphatic rings. The van der Waals surface area contributed by atoms with Crippen molar-refractivity contribution in [2.45, 2.75) is 38.4 Å². The minimum absolute atomic E-state index is 0.150. The second kappa shape index (κ2) is 10.4. The van der Waals surface area contributed by atoms with Gasteiger partial charge < -0.3 is 31.7 Å². The lowest BCUT2D eigenvalue weighted by atomic mass is 10.1. The van der Waals surface area contributed by atoms with Gasteiger partial charge in [-0.2, -0.15) is 0 Å². The van der Waals surface area contributed by atoms with Crippen molar-refractivity contribution in [1.82, 2.24) is 25.9 Å². The van der Waals surface area contributed by atoms with Gasteiger partial charge in [-0.05, 0) is 37.8 Å². The number of aromatic nitrogens is 1. The summed E-state index contributed by atoms with van der Waals surface area (Å²) in [6, 6.07) is 3.50. The molecule has 10 N–H and O–H groups in total. The van der Waals surface area contributed by atoms with Crippen molar-refractivity contribution >= 4 is 5.91 Å². The molecule has 0 saturated heterocycles. The fraction of sp³-hybridized carbons (Fsp3) is 0.471. The summed E-state index contributed by atoms with van der Waals surface area (Å²) >= 11 is 0. The van der Waals surface area contributed by atoms with E-state index in [0.29, 0.717) is 18.8 Å². The Hall–Kier alpha value is -2.65. The number of H-pyrrole nitrogens is 1. The number of carbonyl (C=O) groups is 1. The maximum atomic E-state index is 11.8. The lowest BCUT2D eigenvalue weighted by Gasteiger charge is -2.15. The quantitative estimate of drug-likeness (QED) is 0.166. The van der Waals surface area contributed by atoms with Crippen LogP contribution in [0.25, 0.3) is 0 Å². The van der Waals surface area contributed by atoms with E-state index in [4.69, 9.17) is 17.3 Å². The van der Waals surface area contributed by atoms with Crippen LogP contribution in [0.5, 0.6) is 0 Å². The number of hydrazine groups is 1. The average molecular weight is 362 g/mol. The highest BCUT2D eigenvalue weighted by molar-refractivity contribution is 5.92. The van der Waals surface area contributed by atoms with E-state index in [2.05, 4.69) is 20.9 Å². The number of hydrogen-bond donors (Lipinski definition) is 7. The molecule has 144 valence electrons. The molecule has 2 rings (SSSR count). The molecular formula is C17H30N8O. The third-order valence-corrected chi connectivity index (χ3v) is 4.02. The molecule has 1 amide bonds. The summed E-state index contributed by atoms with van der Waals surface area (Å²) in [5, 5.41) is 10.5. The van der Waals surface area contributed by atoms with Crippen LogP contribution in [0.3, 0.4) is 0 Å². The third-order valence-electron chi connectivity index (χ3n) is 4.02. The summed E-state index contributed by atoms with van der Waals surface area (Å²) in [5.41, 5.74) is 14.1. The van der Waals surface area contributed by atoms with Gasteiger partial charge in [0.05, 0.1) is 6.54 Å². The van der Waals surface area contributed by atoms with Crippen molar-refractivity contribution in [3.63, 3.8) is 0 Å². The Kier molecular flexibility index (Phi) is 7.84. The standard InChI is InChI=1S/C17H30N8O/c18-13(5-2-1-3-6-14-11-23-17(19)24-14)12-25(20)10-9-22-16(26)15-7-4-8-21-15/h4,7-8,11-12,17,21,23-24H,1-3,5-6,9-10,18-20H2,(H,22,26)/b13-12-. The third kappa shape index (κ3) is 7.08. The van der Waals surface area contributed by atoms with Crippen LogP contribution in [0, 0.1) is 0 Å². The Morgan fingerprint density at radius 2 is 2.19 bits per heavy atom. The zero-order valence-electron chi connectivity index (χ0n) is 15.0. The molecule has 1 aromatic rings. The Balaban J connectivity index is 1.52. The predicted octanol–water partition coefficient (Wildman–Crippen LogP) is -0.0527. The molecule has 2 heterocycles. The van der Waals surface area contributed by atoms with E-state index in [1.54, 1.807) is 24.5 Å². The summed E-state index contributed by atoms with van der Waals surface area (Å²) in [4.78, 5) is 14.6. The SMILES string of the molecule is N/C(=C\N(N)CCNC(=O)c1ccc[nH]1)CCCCCC1=CNC(N)N1. The van der Waals surface area contributed by atoms with Crippen LogP contribution in [0.1, 0.15) is 42.6 Å². The second-order valence-electron chi connectivity index (χ2n) is 6.30. The fourth-order valence-corrected chi connectivity index (χ4v) is 2.65. The number of carbonyl (C=O) groups excluding carboxylic acids is 1. The molecule has 0 spiro atoms. The summed E-state index contributed by atoms with van der Waals surface area (Å²) in [7, 11) is 0. The molecule has 9 nitrogen and oxygen atoms in total. The molecule has 0 bridgehead atoms. The Bertz CT molecular complexity index is 610. The number of unbranched alkanes of at least 4 members (excludes halogenated alkanes) is 2. The number of nitrogens with two attached hydrogens (primary N) is 3.